The Hall–Kier alpha value is -2.52. The number of nitrogens with zero attached hydrogens (tertiary/aromatic N) is 2. The van der Waals surface area contributed by atoms with Crippen molar-refractivity contribution >= 4 is 16.9 Å². The molecule has 2 N–H and O–H groups in total. The molecule has 1 fully saturated rings. The van der Waals surface area contributed by atoms with Gasteiger partial charge in [0.1, 0.15) is 17.9 Å². The van der Waals surface area contributed by atoms with E-state index in [9.17, 15) is 9.90 Å². The number of carboxylic acids is 1. The molecule has 0 bridgehead atoms. The summed E-state index contributed by atoms with van der Waals surface area (Å²) in [5.41, 5.74) is 1.61. The largest absolute Gasteiger partial charge is 0.480 e. The molecule has 0 spiro atoms. The minimum absolute atomic E-state index is 0.0280. The number of hydrogen-bond acceptors (Lipinski definition) is 4. The van der Waals surface area contributed by atoms with Gasteiger partial charge in [-0.3, -0.25) is 9.69 Å². The average molecular weight is 299 g/mol. The number of hydrogen-bond donors (Lipinski definition) is 2. The Morgan fingerprint density at radius 3 is 2.91 bits per heavy atom. The Bertz CT molecular complexity index is 726. The number of ether oxygens (including phenoxy) is 1. The molecular weight excluding hydrogens is 282 g/mol. The van der Waals surface area contributed by atoms with Crippen LogP contribution in [-0.4, -0.2) is 40.7 Å². The van der Waals surface area contributed by atoms with Crippen molar-refractivity contribution in [1.82, 2.24) is 9.88 Å². The Morgan fingerprint density at radius 1 is 1.45 bits per heavy atom. The van der Waals surface area contributed by atoms with Crippen LogP contribution in [0.2, 0.25) is 0 Å². The van der Waals surface area contributed by atoms with Crippen LogP contribution >= 0.6 is 0 Å². The van der Waals surface area contributed by atoms with Gasteiger partial charge in [0, 0.05) is 22.7 Å². The lowest BCUT2D eigenvalue weighted by molar-refractivity contribution is -0.143. The van der Waals surface area contributed by atoms with Crippen LogP contribution in [0.4, 0.5) is 0 Å². The van der Waals surface area contributed by atoms with Crippen molar-refractivity contribution in [3.8, 4) is 11.8 Å². The Kier molecular flexibility index (Phi) is 3.98. The van der Waals surface area contributed by atoms with Crippen LogP contribution < -0.4 is 4.74 Å². The van der Waals surface area contributed by atoms with Crippen molar-refractivity contribution in [2.24, 2.45) is 0 Å². The maximum atomic E-state index is 11.8. The number of aromatic amines is 1. The summed E-state index contributed by atoms with van der Waals surface area (Å²) in [4.78, 5) is 16.9. The molecule has 1 aliphatic heterocycles. The highest BCUT2D eigenvalue weighted by Gasteiger charge is 2.31. The van der Waals surface area contributed by atoms with Gasteiger partial charge in [0.05, 0.1) is 0 Å². The molecule has 22 heavy (non-hydrogen) atoms. The van der Waals surface area contributed by atoms with E-state index in [1.165, 1.54) is 0 Å². The Balaban J connectivity index is 2.00. The maximum Gasteiger partial charge on any atom is 0.325 e. The number of H-pyrrole nitrogens is 1. The highest BCUT2D eigenvalue weighted by molar-refractivity contribution is 5.90. The van der Waals surface area contributed by atoms with Gasteiger partial charge in [-0.2, -0.15) is 5.26 Å². The summed E-state index contributed by atoms with van der Waals surface area (Å²) in [5, 5.41) is 19.1. The number of benzene rings is 1. The van der Waals surface area contributed by atoms with Gasteiger partial charge in [0.25, 0.3) is 0 Å². The molecule has 0 aliphatic carbocycles. The SMILES string of the molecule is N#CCOc1ccc2[nH]cc([C@H](C(=O)O)N3CCCC3)c2c1. The van der Waals surface area contributed by atoms with Crippen molar-refractivity contribution < 1.29 is 14.6 Å². The van der Waals surface area contributed by atoms with Crippen LogP contribution in [0.3, 0.4) is 0 Å². The lowest BCUT2D eigenvalue weighted by Crippen LogP contribution is -2.31. The second-order valence-electron chi connectivity index (χ2n) is 5.38. The minimum Gasteiger partial charge on any atom is -0.480 e. The molecule has 2 aromatic rings. The second kappa shape index (κ2) is 6.08. The summed E-state index contributed by atoms with van der Waals surface area (Å²) < 4.78 is 5.32. The number of carboxylic acid groups (broad SMARTS) is 1. The molecule has 0 saturated carbocycles. The first-order valence-electron chi connectivity index (χ1n) is 7.28. The van der Waals surface area contributed by atoms with Crippen molar-refractivity contribution in [1.29, 1.82) is 5.26 Å². The van der Waals surface area contributed by atoms with E-state index in [0.717, 1.165) is 42.4 Å². The molecule has 1 saturated heterocycles. The van der Waals surface area contributed by atoms with E-state index in [4.69, 9.17) is 10.00 Å². The topological polar surface area (TPSA) is 89.3 Å². The lowest BCUT2D eigenvalue weighted by atomic mass is 10.0. The van der Waals surface area contributed by atoms with Crippen LogP contribution in [0.15, 0.2) is 24.4 Å². The van der Waals surface area contributed by atoms with Gasteiger partial charge < -0.3 is 14.8 Å². The van der Waals surface area contributed by atoms with Crippen LogP contribution in [0.5, 0.6) is 5.75 Å². The zero-order valence-corrected chi connectivity index (χ0v) is 12.1. The number of aliphatic carboxylic acids is 1. The smallest absolute Gasteiger partial charge is 0.325 e. The summed E-state index contributed by atoms with van der Waals surface area (Å²) in [6.07, 6.45) is 3.82. The summed E-state index contributed by atoms with van der Waals surface area (Å²) in [6.45, 7) is 1.57. The molecule has 0 unspecified atom stereocenters. The third kappa shape index (κ3) is 2.63. The zero-order chi connectivity index (χ0) is 15.5. The average Bonchev–Trinajstić information content (AvgIpc) is 3.16. The predicted molar refractivity (Wildman–Crippen MR) is 80.6 cm³/mol. The van der Waals surface area contributed by atoms with Crippen LogP contribution in [0.25, 0.3) is 10.9 Å². The highest BCUT2D eigenvalue weighted by atomic mass is 16.5. The van der Waals surface area contributed by atoms with Gasteiger partial charge in [0.2, 0.25) is 0 Å². The normalized spacial score (nSPS) is 16.5. The molecule has 6 nitrogen and oxygen atoms in total. The van der Waals surface area contributed by atoms with E-state index in [2.05, 4.69) is 4.98 Å². The molecule has 6 heteroatoms. The van der Waals surface area contributed by atoms with E-state index < -0.39 is 12.0 Å². The summed E-state index contributed by atoms with van der Waals surface area (Å²) >= 11 is 0. The van der Waals surface area contributed by atoms with E-state index >= 15 is 0 Å². The number of carbonyl (C=O) groups is 1. The third-order valence-corrected chi connectivity index (χ3v) is 4.02. The van der Waals surface area contributed by atoms with Gasteiger partial charge in [0.15, 0.2) is 6.61 Å². The van der Waals surface area contributed by atoms with Crippen molar-refractivity contribution in [2.75, 3.05) is 19.7 Å². The first-order chi connectivity index (χ1) is 10.7. The van der Waals surface area contributed by atoms with E-state index in [0.29, 0.717) is 5.75 Å². The fourth-order valence-electron chi connectivity index (χ4n) is 3.04. The molecular formula is C16H17N3O3. The molecule has 1 aliphatic rings. The molecule has 1 aromatic heterocycles. The van der Waals surface area contributed by atoms with Gasteiger partial charge in [-0.15, -0.1) is 0 Å². The van der Waals surface area contributed by atoms with Crippen molar-refractivity contribution in [2.45, 2.75) is 18.9 Å². The highest BCUT2D eigenvalue weighted by Crippen LogP contribution is 2.32. The van der Waals surface area contributed by atoms with E-state index in [-0.39, 0.29) is 6.61 Å². The van der Waals surface area contributed by atoms with Crippen LogP contribution in [0.1, 0.15) is 24.4 Å². The van der Waals surface area contributed by atoms with Gasteiger partial charge in [-0.25, -0.2) is 0 Å². The number of rotatable bonds is 5. The zero-order valence-electron chi connectivity index (χ0n) is 12.1. The number of aromatic nitrogens is 1. The molecule has 1 atom stereocenters. The first-order valence-corrected chi connectivity index (χ1v) is 7.28. The molecule has 0 amide bonds. The van der Waals surface area contributed by atoms with Crippen molar-refractivity contribution in [3.05, 3.63) is 30.0 Å². The van der Waals surface area contributed by atoms with Gasteiger partial charge >= 0.3 is 5.97 Å². The summed E-state index contributed by atoms with van der Waals surface area (Å²) in [6, 6.07) is 6.68. The predicted octanol–water partition coefficient (Wildman–Crippen LogP) is 2.29. The quantitative estimate of drug-likeness (QED) is 0.884. The number of nitrogens with one attached hydrogen (secondary N) is 1. The summed E-state index contributed by atoms with van der Waals surface area (Å²) in [7, 11) is 0. The lowest BCUT2D eigenvalue weighted by Gasteiger charge is -2.23. The third-order valence-electron chi connectivity index (χ3n) is 4.02. The number of nitriles is 1. The van der Waals surface area contributed by atoms with Crippen molar-refractivity contribution in [3.63, 3.8) is 0 Å². The Morgan fingerprint density at radius 2 is 2.23 bits per heavy atom. The molecule has 0 radical (unpaired) electrons. The molecule has 1 aromatic carbocycles. The molecule has 2 heterocycles. The fraction of sp³-hybridized carbons (Fsp3) is 0.375. The standard InChI is InChI=1S/C16H17N3O3/c17-5-8-22-11-3-4-14-12(9-11)13(10-18-14)15(16(20)21)19-6-1-2-7-19/h3-4,9-10,15,18H,1-2,6-8H2,(H,20,21)/t15-/m1/s1. The number of fused-ring (bicyclic) bond motifs is 1. The Labute approximate surface area is 127 Å². The van der Waals surface area contributed by atoms with E-state index in [1.54, 1.807) is 18.3 Å². The van der Waals surface area contributed by atoms with Crippen LogP contribution in [0, 0.1) is 11.3 Å². The second-order valence-corrected chi connectivity index (χ2v) is 5.38. The van der Waals surface area contributed by atoms with Crippen LogP contribution in [-0.2, 0) is 4.79 Å². The maximum absolute atomic E-state index is 11.8. The van der Waals surface area contributed by atoms with Gasteiger partial charge in [-0.05, 0) is 44.1 Å². The monoisotopic (exact) mass is 299 g/mol. The molecule has 114 valence electrons. The molecule has 3 rings (SSSR count). The summed E-state index contributed by atoms with van der Waals surface area (Å²) in [5.74, 6) is -0.272. The number of likely N-dealkylation sites (tertiary alicyclic amines) is 1. The minimum atomic E-state index is -0.842. The van der Waals surface area contributed by atoms with E-state index in [1.807, 2.05) is 17.0 Å². The fourth-order valence-corrected chi connectivity index (χ4v) is 3.04. The first kappa shape index (κ1) is 14.4. The van der Waals surface area contributed by atoms with Gasteiger partial charge in [-0.1, -0.05) is 0 Å².